The van der Waals surface area contributed by atoms with Crippen molar-refractivity contribution in [3.63, 3.8) is 0 Å². The van der Waals surface area contributed by atoms with Crippen molar-refractivity contribution in [2.75, 3.05) is 31.8 Å². The van der Waals surface area contributed by atoms with E-state index in [-0.39, 0.29) is 19.1 Å². The van der Waals surface area contributed by atoms with Crippen LogP contribution in [0.3, 0.4) is 0 Å². The largest absolute Gasteiger partial charge is 0.465 e. The molecule has 8 nitrogen and oxygen atoms in total. The molecule has 3 aromatic rings. The lowest BCUT2D eigenvalue weighted by molar-refractivity contribution is -0.153. The minimum atomic E-state index is -1.03. The number of fused-ring (bicyclic) bond motifs is 3. The lowest BCUT2D eigenvalue weighted by Gasteiger charge is -2.37. The van der Waals surface area contributed by atoms with Gasteiger partial charge in [0.2, 0.25) is 11.9 Å². The molecule has 1 aliphatic rings. The molecule has 1 amide bonds. The fraction of sp³-hybridized carbons (Fsp3) is 0.333. The van der Waals surface area contributed by atoms with E-state index in [0.717, 1.165) is 16.6 Å². The molecule has 1 aromatic carbocycles. The Hall–Kier alpha value is -3.26. The van der Waals surface area contributed by atoms with Crippen molar-refractivity contribution in [2.45, 2.75) is 13.0 Å². The Morgan fingerprint density at radius 3 is 2.66 bits per heavy atom. The molecule has 3 heterocycles. The van der Waals surface area contributed by atoms with Gasteiger partial charge in [0.05, 0.1) is 36.8 Å². The van der Waals surface area contributed by atoms with Gasteiger partial charge in [-0.1, -0.05) is 12.1 Å². The van der Waals surface area contributed by atoms with E-state index in [1.807, 2.05) is 41.0 Å². The number of rotatable bonds is 6. The number of hydrogen-bond donors (Lipinski definition) is 0. The van der Waals surface area contributed by atoms with Crippen LogP contribution < -0.4 is 4.90 Å². The molecule has 29 heavy (non-hydrogen) atoms. The number of carbonyl (C=O) groups is 2. The van der Waals surface area contributed by atoms with Crippen LogP contribution in [0.5, 0.6) is 0 Å². The van der Waals surface area contributed by atoms with Crippen LogP contribution in [0.2, 0.25) is 0 Å². The first kappa shape index (κ1) is 19.1. The second-order valence-electron chi connectivity index (χ2n) is 6.71. The van der Waals surface area contributed by atoms with Crippen LogP contribution in [0.25, 0.3) is 11.0 Å². The number of ether oxygens (including phenoxy) is 2. The van der Waals surface area contributed by atoms with Crippen molar-refractivity contribution >= 4 is 28.9 Å². The molecule has 1 aliphatic heterocycles. The van der Waals surface area contributed by atoms with Crippen molar-refractivity contribution in [1.29, 1.82) is 0 Å². The van der Waals surface area contributed by atoms with Gasteiger partial charge >= 0.3 is 5.97 Å². The molecule has 0 radical (unpaired) electrons. The quantitative estimate of drug-likeness (QED) is 0.471. The Morgan fingerprint density at radius 2 is 1.93 bits per heavy atom. The van der Waals surface area contributed by atoms with Gasteiger partial charge in [0.1, 0.15) is 0 Å². The first-order valence-electron chi connectivity index (χ1n) is 9.51. The third-order valence-corrected chi connectivity index (χ3v) is 5.05. The van der Waals surface area contributed by atoms with Gasteiger partial charge in [-0.2, -0.15) is 0 Å². The average Bonchev–Trinajstić information content (AvgIpc) is 3.12. The Labute approximate surface area is 168 Å². The molecular formula is C21H22N4O4. The second kappa shape index (κ2) is 8.00. The third-order valence-electron chi connectivity index (χ3n) is 5.05. The molecule has 0 unspecified atom stereocenters. The highest BCUT2D eigenvalue weighted by atomic mass is 16.5. The molecule has 0 bridgehead atoms. The normalized spacial score (nSPS) is 18.7. The molecule has 0 saturated heterocycles. The summed E-state index contributed by atoms with van der Waals surface area (Å²) in [6.45, 7) is 2.54. The van der Waals surface area contributed by atoms with E-state index in [4.69, 9.17) is 14.5 Å². The Bertz CT molecular complexity index is 1030. The number of anilines is 1. The molecule has 8 heteroatoms. The molecule has 0 aliphatic carbocycles. The molecule has 4 rings (SSSR count). The number of carbonyl (C=O) groups excluding carboxylic acids is 2. The molecule has 0 N–H and O–H groups in total. The highest BCUT2D eigenvalue weighted by molar-refractivity contribution is 6.08. The molecule has 2 atom stereocenters. The maximum atomic E-state index is 13.5. The molecule has 0 saturated carbocycles. The summed E-state index contributed by atoms with van der Waals surface area (Å²) in [5.41, 5.74) is 2.39. The van der Waals surface area contributed by atoms with Crippen LogP contribution >= 0.6 is 0 Å². The highest BCUT2D eigenvalue weighted by Crippen LogP contribution is 2.40. The minimum absolute atomic E-state index is 0.196. The summed E-state index contributed by atoms with van der Waals surface area (Å²) in [5, 5.41) is 0. The summed E-state index contributed by atoms with van der Waals surface area (Å²) in [4.78, 5) is 36.7. The lowest BCUT2D eigenvalue weighted by Crippen LogP contribution is -2.51. The van der Waals surface area contributed by atoms with Crippen molar-refractivity contribution in [1.82, 2.24) is 14.5 Å². The Kier molecular flexibility index (Phi) is 5.26. The number of pyridine rings is 1. The van der Waals surface area contributed by atoms with Gasteiger partial charge in [0.25, 0.3) is 0 Å². The predicted octanol–water partition coefficient (Wildman–Crippen LogP) is 2.19. The van der Waals surface area contributed by atoms with Gasteiger partial charge in [0, 0.05) is 19.5 Å². The zero-order chi connectivity index (χ0) is 20.4. The van der Waals surface area contributed by atoms with Crippen molar-refractivity contribution in [2.24, 2.45) is 5.92 Å². The SMILES string of the molecule is CCOC(=O)[C@H]1C(=O)N(CCOC)c2nc3ccccc3n2[C@H]1c1ccncc1. The summed E-state index contributed by atoms with van der Waals surface area (Å²) in [7, 11) is 1.57. The Morgan fingerprint density at radius 1 is 1.17 bits per heavy atom. The Balaban J connectivity index is 1.97. The number of aromatic nitrogens is 3. The van der Waals surface area contributed by atoms with Crippen LogP contribution in [0.15, 0.2) is 48.8 Å². The fourth-order valence-corrected chi connectivity index (χ4v) is 3.80. The number of nitrogens with zero attached hydrogens (tertiary/aromatic N) is 4. The van der Waals surface area contributed by atoms with E-state index in [0.29, 0.717) is 12.6 Å². The first-order chi connectivity index (χ1) is 14.2. The minimum Gasteiger partial charge on any atom is -0.465 e. The van der Waals surface area contributed by atoms with Gasteiger partial charge in [-0.25, -0.2) is 4.98 Å². The zero-order valence-electron chi connectivity index (χ0n) is 16.3. The summed E-state index contributed by atoms with van der Waals surface area (Å²) in [6.07, 6.45) is 3.30. The molecule has 0 fully saturated rings. The maximum Gasteiger partial charge on any atom is 0.321 e. The number of amides is 1. The number of para-hydroxylation sites is 2. The average molecular weight is 394 g/mol. The van der Waals surface area contributed by atoms with Gasteiger partial charge in [0.15, 0.2) is 5.92 Å². The summed E-state index contributed by atoms with van der Waals surface area (Å²) in [5.74, 6) is -1.43. The van der Waals surface area contributed by atoms with Gasteiger partial charge in [-0.3, -0.25) is 19.5 Å². The number of imidazole rings is 1. The van der Waals surface area contributed by atoms with Crippen molar-refractivity contribution in [3.8, 4) is 0 Å². The van der Waals surface area contributed by atoms with E-state index in [9.17, 15) is 9.59 Å². The summed E-state index contributed by atoms with van der Waals surface area (Å²) in [6, 6.07) is 10.7. The zero-order valence-corrected chi connectivity index (χ0v) is 16.3. The molecule has 2 aromatic heterocycles. The van der Waals surface area contributed by atoms with Gasteiger partial charge in [-0.15, -0.1) is 0 Å². The first-order valence-corrected chi connectivity index (χ1v) is 9.51. The number of benzene rings is 1. The van der Waals surface area contributed by atoms with Crippen LogP contribution in [-0.4, -0.2) is 53.3 Å². The lowest BCUT2D eigenvalue weighted by atomic mass is 9.90. The van der Waals surface area contributed by atoms with Crippen LogP contribution in [0.1, 0.15) is 18.5 Å². The fourth-order valence-electron chi connectivity index (χ4n) is 3.80. The highest BCUT2D eigenvalue weighted by Gasteiger charge is 2.47. The van der Waals surface area contributed by atoms with Gasteiger partial charge < -0.3 is 14.0 Å². The summed E-state index contributed by atoms with van der Waals surface area (Å²) < 4.78 is 12.4. The van der Waals surface area contributed by atoms with E-state index < -0.39 is 17.9 Å². The number of methoxy groups -OCH3 is 1. The van der Waals surface area contributed by atoms with E-state index >= 15 is 0 Å². The van der Waals surface area contributed by atoms with E-state index in [1.165, 1.54) is 4.90 Å². The molecule has 0 spiro atoms. The standard InChI is InChI=1S/C21H22N4O4/c1-3-29-20(27)17-18(14-8-10-22-11-9-14)25-16-7-5-4-6-15(16)23-21(25)24(19(17)26)12-13-28-2/h4-11,17-18H,3,12-13H2,1-2H3/t17-,18+/m1/s1. The number of hydrogen-bond acceptors (Lipinski definition) is 6. The van der Waals surface area contributed by atoms with E-state index in [1.54, 1.807) is 26.4 Å². The van der Waals surface area contributed by atoms with Gasteiger partial charge in [-0.05, 0) is 36.8 Å². The van der Waals surface area contributed by atoms with Crippen LogP contribution in [0, 0.1) is 5.92 Å². The number of esters is 1. The molecule has 150 valence electrons. The third kappa shape index (κ3) is 3.25. The molecular weight excluding hydrogens is 372 g/mol. The van der Waals surface area contributed by atoms with Crippen LogP contribution in [-0.2, 0) is 19.1 Å². The van der Waals surface area contributed by atoms with Crippen LogP contribution in [0.4, 0.5) is 5.95 Å². The second-order valence-corrected chi connectivity index (χ2v) is 6.71. The smallest absolute Gasteiger partial charge is 0.321 e. The topological polar surface area (TPSA) is 86.5 Å². The summed E-state index contributed by atoms with van der Waals surface area (Å²) >= 11 is 0. The van der Waals surface area contributed by atoms with Crippen molar-refractivity contribution < 1.29 is 19.1 Å². The van der Waals surface area contributed by atoms with Crippen molar-refractivity contribution in [3.05, 3.63) is 54.4 Å². The maximum absolute atomic E-state index is 13.5. The van der Waals surface area contributed by atoms with E-state index in [2.05, 4.69) is 4.98 Å². The predicted molar refractivity (Wildman–Crippen MR) is 106 cm³/mol. The monoisotopic (exact) mass is 394 g/mol.